The van der Waals surface area contributed by atoms with Crippen LogP contribution >= 0.6 is 0 Å². The average Bonchev–Trinajstić information content (AvgIpc) is 2.56. The lowest BCUT2D eigenvalue weighted by molar-refractivity contribution is -0.0878. The normalized spacial score (nSPS) is 19.2. The summed E-state index contributed by atoms with van der Waals surface area (Å²) in [7, 11) is 0. The van der Waals surface area contributed by atoms with Crippen molar-refractivity contribution in [1.29, 1.82) is 0 Å². The molecule has 0 unspecified atom stereocenters. The van der Waals surface area contributed by atoms with Crippen LogP contribution in [-0.4, -0.2) is 19.5 Å². The Bertz CT molecular complexity index is 102. The Kier molecular flexibility index (Phi) is 4.62. The number of ether oxygens (including phenoxy) is 2. The molecule has 1 saturated heterocycles. The van der Waals surface area contributed by atoms with Gasteiger partial charge in [0.1, 0.15) is 0 Å². The van der Waals surface area contributed by atoms with Crippen molar-refractivity contribution in [2.24, 2.45) is 5.92 Å². The third-order valence-electron chi connectivity index (χ3n) is 2.35. The van der Waals surface area contributed by atoms with Gasteiger partial charge in [0.05, 0.1) is 13.2 Å². The summed E-state index contributed by atoms with van der Waals surface area (Å²) in [5, 5.41) is 0. The first-order valence-electron chi connectivity index (χ1n) is 5.11. The molecule has 1 fully saturated rings. The zero-order valence-corrected chi connectivity index (χ0v) is 8.21. The highest BCUT2D eigenvalue weighted by Gasteiger charge is 2.24. The fraction of sp³-hybridized carbons (Fsp3) is 1.00. The lowest BCUT2D eigenvalue weighted by Crippen LogP contribution is -2.21. The van der Waals surface area contributed by atoms with Crippen LogP contribution in [0, 0.1) is 5.92 Å². The lowest BCUT2D eigenvalue weighted by atomic mass is 9.98. The van der Waals surface area contributed by atoms with Crippen molar-refractivity contribution in [3.8, 4) is 0 Å². The van der Waals surface area contributed by atoms with Gasteiger partial charge in [-0.15, -0.1) is 0 Å². The van der Waals surface area contributed by atoms with E-state index in [0.717, 1.165) is 13.2 Å². The smallest absolute Gasteiger partial charge is 0.160 e. The van der Waals surface area contributed by atoms with Gasteiger partial charge >= 0.3 is 0 Å². The van der Waals surface area contributed by atoms with E-state index in [0.29, 0.717) is 5.92 Å². The summed E-state index contributed by atoms with van der Waals surface area (Å²) in [6.45, 7) is 6.01. The molecule has 0 bridgehead atoms. The summed E-state index contributed by atoms with van der Waals surface area (Å²) in [5.41, 5.74) is 0. The summed E-state index contributed by atoms with van der Waals surface area (Å²) in [6, 6.07) is 0. The van der Waals surface area contributed by atoms with E-state index in [1.165, 1.54) is 25.7 Å². The average molecular weight is 172 g/mol. The molecule has 0 atom stereocenters. The largest absolute Gasteiger partial charge is 0.350 e. The van der Waals surface area contributed by atoms with Crippen molar-refractivity contribution in [2.75, 3.05) is 13.2 Å². The maximum atomic E-state index is 5.50. The maximum absolute atomic E-state index is 5.50. The highest BCUT2D eigenvalue weighted by Crippen LogP contribution is 2.23. The van der Waals surface area contributed by atoms with Gasteiger partial charge in [-0.25, -0.2) is 0 Å². The fourth-order valence-corrected chi connectivity index (χ4v) is 1.81. The molecular weight excluding hydrogens is 152 g/mol. The Balaban J connectivity index is 2.29. The van der Waals surface area contributed by atoms with E-state index in [2.05, 4.69) is 13.8 Å². The predicted molar refractivity (Wildman–Crippen MR) is 49.0 cm³/mol. The molecule has 12 heavy (non-hydrogen) atoms. The second-order valence-electron chi connectivity index (χ2n) is 3.45. The Labute approximate surface area is 75.2 Å². The second kappa shape index (κ2) is 5.55. The van der Waals surface area contributed by atoms with Crippen molar-refractivity contribution in [3.63, 3.8) is 0 Å². The van der Waals surface area contributed by atoms with Gasteiger partial charge in [-0.2, -0.15) is 0 Å². The van der Waals surface area contributed by atoms with E-state index < -0.39 is 0 Å². The molecule has 0 spiro atoms. The van der Waals surface area contributed by atoms with Crippen molar-refractivity contribution in [1.82, 2.24) is 0 Å². The first-order valence-corrected chi connectivity index (χ1v) is 5.11. The Hall–Kier alpha value is -0.0800. The molecule has 0 aromatic heterocycles. The van der Waals surface area contributed by atoms with Gasteiger partial charge in [0.15, 0.2) is 6.29 Å². The number of hydrogen-bond donors (Lipinski definition) is 0. The Morgan fingerprint density at radius 1 is 1.08 bits per heavy atom. The van der Waals surface area contributed by atoms with Gasteiger partial charge in [-0.05, 0) is 12.8 Å². The van der Waals surface area contributed by atoms with Crippen LogP contribution in [0.3, 0.4) is 0 Å². The molecule has 0 aromatic carbocycles. The van der Waals surface area contributed by atoms with E-state index in [4.69, 9.17) is 9.47 Å². The summed E-state index contributed by atoms with van der Waals surface area (Å²) in [4.78, 5) is 0. The minimum absolute atomic E-state index is 0.102. The monoisotopic (exact) mass is 172 g/mol. The van der Waals surface area contributed by atoms with Crippen LogP contribution in [0.25, 0.3) is 0 Å². The highest BCUT2D eigenvalue weighted by atomic mass is 16.7. The molecular formula is C10H20O2. The Morgan fingerprint density at radius 2 is 1.58 bits per heavy atom. The minimum Gasteiger partial charge on any atom is -0.350 e. The molecule has 0 aromatic rings. The molecule has 0 radical (unpaired) electrons. The summed E-state index contributed by atoms with van der Waals surface area (Å²) in [6.07, 6.45) is 5.03. The summed E-state index contributed by atoms with van der Waals surface area (Å²) >= 11 is 0. The molecule has 2 nitrogen and oxygen atoms in total. The van der Waals surface area contributed by atoms with E-state index in [9.17, 15) is 0 Å². The Morgan fingerprint density at radius 3 is 2.00 bits per heavy atom. The van der Waals surface area contributed by atoms with Crippen LogP contribution < -0.4 is 0 Å². The van der Waals surface area contributed by atoms with Crippen molar-refractivity contribution in [2.45, 2.75) is 45.8 Å². The molecule has 0 amide bonds. The third kappa shape index (κ3) is 2.76. The minimum atomic E-state index is 0.102. The molecule has 0 aliphatic carbocycles. The van der Waals surface area contributed by atoms with Gasteiger partial charge in [0.2, 0.25) is 0 Å². The third-order valence-corrected chi connectivity index (χ3v) is 2.35. The number of hydrogen-bond acceptors (Lipinski definition) is 2. The van der Waals surface area contributed by atoms with Crippen LogP contribution in [0.1, 0.15) is 39.5 Å². The zero-order valence-electron chi connectivity index (χ0n) is 8.21. The zero-order chi connectivity index (χ0) is 8.81. The first-order chi connectivity index (χ1) is 5.88. The van der Waals surface area contributed by atoms with Crippen molar-refractivity contribution >= 4 is 0 Å². The lowest BCUT2D eigenvalue weighted by Gasteiger charge is -2.20. The van der Waals surface area contributed by atoms with E-state index in [-0.39, 0.29) is 6.29 Å². The summed E-state index contributed by atoms with van der Waals surface area (Å²) in [5.74, 6) is 0.627. The molecule has 0 saturated carbocycles. The molecule has 0 N–H and O–H groups in total. The van der Waals surface area contributed by atoms with Gasteiger partial charge in [0.25, 0.3) is 0 Å². The van der Waals surface area contributed by atoms with Crippen LogP contribution in [0.15, 0.2) is 0 Å². The van der Waals surface area contributed by atoms with E-state index in [1.54, 1.807) is 0 Å². The van der Waals surface area contributed by atoms with Gasteiger partial charge in [-0.3, -0.25) is 0 Å². The molecule has 1 rings (SSSR count). The van der Waals surface area contributed by atoms with Gasteiger partial charge in [0, 0.05) is 5.92 Å². The van der Waals surface area contributed by atoms with Crippen molar-refractivity contribution < 1.29 is 9.47 Å². The summed E-state index contributed by atoms with van der Waals surface area (Å²) < 4.78 is 11.0. The molecule has 1 aliphatic heterocycles. The SMILES string of the molecule is CCCC(CCC)C1OCCO1. The molecule has 2 heteroatoms. The van der Waals surface area contributed by atoms with Gasteiger partial charge < -0.3 is 9.47 Å². The van der Waals surface area contributed by atoms with Crippen LogP contribution in [0.2, 0.25) is 0 Å². The van der Waals surface area contributed by atoms with E-state index in [1.807, 2.05) is 0 Å². The van der Waals surface area contributed by atoms with E-state index >= 15 is 0 Å². The highest BCUT2D eigenvalue weighted by molar-refractivity contribution is 4.65. The topological polar surface area (TPSA) is 18.5 Å². The molecule has 1 aliphatic rings. The second-order valence-corrected chi connectivity index (χ2v) is 3.45. The first kappa shape index (κ1) is 10.0. The van der Waals surface area contributed by atoms with Crippen LogP contribution in [0.5, 0.6) is 0 Å². The maximum Gasteiger partial charge on any atom is 0.160 e. The molecule has 1 heterocycles. The number of rotatable bonds is 5. The van der Waals surface area contributed by atoms with Crippen molar-refractivity contribution in [3.05, 3.63) is 0 Å². The standard InChI is InChI=1S/C10H20O2/c1-3-5-9(6-4-2)10-11-7-8-12-10/h9-10H,3-8H2,1-2H3. The quantitative estimate of drug-likeness (QED) is 0.634. The molecule has 72 valence electrons. The fourth-order valence-electron chi connectivity index (χ4n) is 1.81. The van der Waals surface area contributed by atoms with Crippen LogP contribution in [-0.2, 0) is 9.47 Å². The van der Waals surface area contributed by atoms with Gasteiger partial charge in [-0.1, -0.05) is 26.7 Å². The predicted octanol–water partition coefficient (Wildman–Crippen LogP) is 2.58. The van der Waals surface area contributed by atoms with Crippen LogP contribution in [0.4, 0.5) is 0 Å².